The summed E-state index contributed by atoms with van der Waals surface area (Å²) in [6.07, 6.45) is 2.51. The first kappa shape index (κ1) is 13.8. The molecular formula is C13H19N5S2. The topological polar surface area (TPSA) is 60.6 Å². The van der Waals surface area contributed by atoms with Crippen molar-refractivity contribution in [1.29, 1.82) is 0 Å². The number of hydrogen-bond acceptors (Lipinski definition) is 5. The summed E-state index contributed by atoms with van der Waals surface area (Å²) in [6.45, 7) is 8.75. The molecule has 7 heteroatoms. The summed E-state index contributed by atoms with van der Waals surface area (Å²) in [5.74, 6) is 0.794. The summed E-state index contributed by atoms with van der Waals surface area (Å²) < 4.78 is 0.482. The summed E-state index contributed by atoms with van der Waals surface area (Å²) in [7, 11) is 0. The Kier molecular flexibility index (Phi) is 3.41. The van der Waals surface area contributed by atoms with Crippen molar-refractivity contribution in [3.8, 4) is 10.7 Å². The minimum atomic E-state index is -0.0157. The summed E-state index contributed by atoms with van der Waals surface area (Å²) >= 11 is 6.76. The van der Waals surface area contributed by atoms with Crippen molar-refractivity contribution in [2.75, 3.05) is 18.0 Å². The highest BCUT2D eigenvalue weighted by atomic mass is 32.1. The van der Waals surface area contributed by atoms with Gasteiger partial charge in [-0.1, -0.05) is 32.1 Å². The predicted octanol–water partition coefficient (Wildman–Crippen LogP) is 3.49. The molecule has 1 aliphatic rings. The molecule has 1 aliphatic heterocycles. The Morgan fingerprint density at radius 2 is 1.85 bits per heavy atom. The molecule has 1 saturated heterocycles. The van der Waals surface area contributed by atoms with Crippen LogP contribution in [0.4, 0.5) is 5.13 Å². The van der Waals surface area contributed by atoms with E-state index in [1.165, 1.54) is 12.8 Å². The number of thiazole rings is 1. The van der Waals surface area contributed by atoms with Crippen molar-refractivity contribution < 1.29 is 0 Å². The SMILES string of the molecule is CC(C)(C)c1nc(N2CCCC2)sc1-c1nc(=S)[nH][nH]1. The number of nitrogens with one attached hydrogen (secondary N) is 2. The maximum atomic E-state index is 5.06. The van der Waals surface area contributed by atoms with Gasteiger partial charge in [0, 0.05) is 18.5 Å². The molecule has 2 aromatic rings. The number of aromatic nitrogens is 4. The van der Waals surface area contributed by atoms with Crippen molar-refractivity contribution in [3.05, 3.63) is 10.5 Å². The Labute approximate surface area is 127 Å². The van der Waals surface area contributed by atoms with E-state index >= 15 is 0 Å². The fraction of sp³-hybridized carbons (Fsp3) is 0.615. The van der Waals surface area contributed by atoms with Crippen molar-refractivity contribution in [2.24, 2.45) is 0 Å². The molecule has 0 spiro atoms. The van der Waals surface area contributed by atoms with Crippen LogP contribution >= 0.6 is 23.6 Å². The smallest absolute Gasteiger partial charge is 0.213 e. The van der Waals surface area contributed by atoms with E-state index in [1.807, 2.05) is 0 Å². The lowest BCUT2D eigenvalue weighted by molar-refractivity contribution is 0.574. The Morgan fingerprint density at radius 3 is 2.40 bits per heavy atom. The van der Waals surface area contributed by atoms with Crippen molar-refractivity contribution >= 4 is 28.7 Å². The second-order valence-electron chi connectivity index (χ2n) is 6.13. The van der Waals surface area contributed by atoms with Crippen LogP contribution < -0.4 is 4.90 Å². The van der Waals surface area contributed by atoms with E-state index in [-0.39, 0.29) is 5.41 Å². The van der Waals surface area contributed by atoms with Crippen LogP contribution in [-0.4, -0.2) is 33.3 Å². The average molecular weight is 309 g/mol. The third-order valence-electron chi connectivity index (χ3n) is 3.42. The van der Waals surface area contributed by atoms with E-state index in [0.717, 1.165) is 34.6 Å². The molecule has 3 rings (SSSR count). The van der Waals surface area contributed by atoms with Gasteiger partial charge >= 0.3 is 0 Å². The molecule has 20 heavy (non-hydrogen) atoms. The van der Waals surface area contributed by atoms with Crippen molar-refractivity contribution in [2.45, 2.75) is 39.0 Å². The molecular weight excluding hydrogens is 290 g/mol. The zero-order chi connectivity index (χ0) is 14.3. The van der Waals surface area contributed by atoms with Crippen LogP contribution in [0.15, 0.2) is 0 Å². The third kappa shape index (κ3) is 2.52. The fourth-order valence-corrected chi connectivity index (χ4v) is 3.81. The van der Waals surface area contributed by atoms with Gasteiger partial charge in [-0.3, -0.25) is 10.2 Å². The van der Waals surface area contributed by atoms with Gasteiger partial charge in [-0.2, -0.15) is 4.98 Å². The molecule has 0 amide bonds. The molecule has 0 saturated carbocycles. The first-order valence-electron chi connectivity index (χ1n) is 6.86. The quantitative estimate of drug-likeness (QED) is 0.834. The molecule has 0 aliphatic carbocycles. The Morgan fingerprint density at radius 1 is 1.15 bits per heavy atom. The van der Waals surface area contributed by atoms with Gasteiger partial charge < -0.3 is 4.90 Å². The van der Waals surface area contributed by atoms with E-state index in [1.54, 1.807) is 11.3 Å². The van der Waals surface area contributed by atoms with Gasteiger partial charge in [0.1, 0.15) is 0 Å². The highest BCUT2D eigenvalue weighted by Crippen LogP contribution is 2.39. The molecule has 5 nitrogen and oxygen atoms in total. The fourth-order valence-electron chi connectivity index (χ4n) is 2.40. The Balaban J connectivity index is 2.09. The largest absolute Gasteiger partial charge is 0.348 e. The minimum Gasteiger partial charge on any atom is -0.348 e. The second-order valence-corrected chi connectivity index (χ2v) is 7.50. The normalized spacial score (nSPS) is 16.1. The van der Waals surface area contributed by atoms with E-state index in [4.69, 9.17) is 17.2 Å². The van der Waals surface area contributed by atoms with Crippen molar-refractivity contribution in [3.63, 3.8) is 0 Å². The first-order chi connectivity index (χ1) is 9.45. The molecule has 3 heterocycles. The standard InChI is InChI=1S/C13H19N5S2/c1-13(2,3)9-8(10-15-11(19)17-16-10)20-12(14-9)18-6-4-5-7-18/h4-7H2,1-3H3,(H2,15,16,17,19). The van der Waals surface area contributed by atoms with Gasteiger partial charge in [0.05, 0.1) is 10.6 Å². The van der Waals surface area contributed by atoms with Crippen LogP contribution in [0.1, 0.15) is 39.3 Å². The summed E-state index contributed by atoms with van der Waals surface area (Å²) in [5.41, 5.74) is 1.07. The van der Waals surface area contributed by atoms with Gasteiger partial charge in [0.15, 0.2) is 11.0 Å². The van der Waals surface area contributed by atoms with Crippen LogP contribution in [0, 0.1) is 4.77 Å². The van der Waals surface area contributed by atoms with Gasteiger partial charge in [-0.15, -0.1) is 0 Å². The first-order valence-corrected chi connectivity index (χ1v) is 8.09. The molecule has 0 aromatic carbocycles. The molecule has 2 N–H and O–H groups in total. The number of H-pyrrole nitrogens is 2. The summed E-state index contributed by atoms with van der Waals surface area (Å²) in [6, 6.07) is 0. The lowest BCUT2D eigenvalue weighted by Crippen LogP contribution is -2.18. The monoisotopic (exact) mass is 309 g/mol. The van der Waals surface area contributed by atoms with E-state index in [9.17, 15) is 0 Å². The molecule has 108 valence electrons. The number of aromatic amines is 2. The maximum absolute atomic E-state index is 5.06. The maximum Gasteiger partial charge on any atom is 0.213 e. The number of nitrogens with zero attached hydrogens (tertiary/aromatic N) is 3. The van der Waals surface area contributed by atoms with E-state index in [0.29, 0.717) is 4.77 Å². The molecule has 1 fully saturated rings. The van der Waals surface area contributed by atoms with Gasteiger partial charge in [-0.05, 0) is 25.1 Å². The molecule has 0 radical (unpaired) electrons. The molecule has 0 bridgehead atoms. The minimum absolute atomic E-state index is 0.0157. The zero-order valence-corrected chi connectivity index (χ0v) is 13.6. The van der Waals surface area contributed by atoms with Gasteiger partial charge in [0.2, 0.25) is 4.77 Å². The van der Waals surface area contributed by atoms with Crippen molar-refractivity contribution in [1.82, 2.24) is 20.2 Å². The average Bonchev–Trinajstić information content (AvgIpc) is 3.06. The van der Waals surface area contributed by atoms with Crippen LogP contribution in [-0.2, 0) is 5.41 Å². The van der Waals surface area contributed by atoms with Crippen LogP contribution in [0.3, 0.4) is 0 Å². The van der Waals surface area contributed by atoms with E-state index in [2.05, 4.69) is 40.9 Å². The van der Waals surface area contributed by atoms with Gasteiger partial charge in [0.25, 0.3) is 0 Å². The van der Waals surface area contributed by atoms with Crippen LogP contribution in [0.5, 0.6) is 0 Å². The van der Waals surface area contributed by atoms with Crippen LogP contribution in [0.2, 0.25) is 0 Å². The Hall–Kier alpha value is -1.21. The number of rotatable bonds is 2. The highest BCUT2D eigenvalue weighted by Gasteiger charge is 2.28. The third-order valence-corrected chi connectivity index (χ3v) is 4.74. The second kappa shape index (κ2) is 4.96. The predicted molar refractivity (Wildman–Crippen MR) is 85.0 cm³/mol. The summed E-state index contributed by atoms with van der Waals surface area (Å²) in [4.78, 5) is 12.7. The Bertz CT molecular complexity index is 655. The molecule has 2 aromatic heterocycles. The van der Waals surface area contributed by atoms with Gasteiger partial charge in [-0.25, -0.2) is 4.98 Å². The van der Waals surface area contributed by atoms with E-state index < -0.39 is 0 Å². The number of hydrogen-bond donors (Lipinski definition) is 2. The molecule has 0 atom stereocenters. The lowest BCUT2D eigenvalue weighted by atomic mass is 9.91. The van der Waals surface area contributed by atoms with Crippen LogP contribution in [0.25, 0.3) is 10.7 Å². The summed E-state index contributed by atoms with van der Waals surface area (Å²) in [5, 5.41) is 7.02. The zero-order valence-electron chi connectivity index (χ0n) is 12.0. The highest BCUT2D eigenvalue weighted by molar-refractivity contribution is 7.71. The number of anilines is 1. The lowest BCUT2D eigenvalue weighted by Gasteiger charge is -2.17. The molecule has 0 unspecified atom stereocenters.